The van der Waals surface area contributed by atoms with E-state index in [-0.39, 0.29) is 36.0 Å². The fourth-order valence-corrected chi connectivity index (χ4v) is 5.92. The van der Waals surface area contributed by atoms with Gasteiger partial charge in [-0.25, -0.2) is 0 Å². The molecule has 0 saturated carbocycles. The number of carboxylic acids is 1. The summed E-state index contributed by atoms with van der Waals surface area (Å²) in [5.41, 5.74) is 1.17. The van der Waals surface area contributed by atoms with Gasteiger partial charge in [0.2, 0.25) is 5.91 Å². The first-order valence-corrected chi connectivity index (χ1v) is 9.62. The van der Waals surface area contributed by atoms with Crippen LogP contribution in [0.15, 0.2) is 6.07 Å². The maximum atomic E-state index is 12.2. The van der Waals surface area contributed by atoms with Gasteiger partial charge in [-0.05, 0) is 98.6 Å². The summed E-state index contributed by atoms with van der Waals surface area (Å²) in [4.78, 5) is 23.5. The van der Waals surface area contributed by atoms with Gasteiger partial charge in [0.1, 0.15) is 0 Å². The topological polar surface area (TPSA) is 69.2 Å². The fraction of sp³-hybridized carbons (Fsp3) is 0.467. The Kier molecular flexibility index (Phi) is 8.52. The van der Waals surface area contributed by atoms with Crippen molar-refractivity contribution in [2.75, 3.05) is 5.32 Å². The first-order chi connectivity index (χ1) is 12.2. The fourth-order valence-electron chi connectivity index (χ4n) is 1.84. The molecule has 0 spiro atoms. The molecular weight excluding hydrogens is 646 g/mol. The van der Waals surface area contributed by atoms with Crippen molar-refractivity contribution in [3.8, 4) is 0 Å². The number of amides is 1. The Morgan fingerprint density at radius 1 is 1.39 bits per heavy atom. The second-order valence-corrected chi connectivity index (χ2v) is 7.94. The quantitative estimate of drug-likeness (QED) is 0.342. The second kappa shape index (κ2) is 11.9. The van der Waals surface area contributed by atoms with Gasteiger partial charge in [0.25, 0.3) is 0 Å². The number of hydrogen-bond donors (Lipinski definition) is 1. The largest absolute Gasteiger partial charge is 1.00 e. The van der Waals surface area contributed by atoms with Crippen molar-refractivity contribution < 1.29 is 51.1 Å². The Bertz CT molecular complexity index is 747. The maximum Gasteiger partial charge on any atom is 1.00 e. The van der Waals surface area contributed by atoms with Crippen molar-refractivity contribution in [2.45, 2.75) is 39.4 Å². The van der Waals surface area contributed by atoms with E-state index in [1.807, 2.05) is 45.2 Å². The van der Waals surface area contributed by atoms with Crippen LogP contribution in [-0.2, 0) is 16.0 Å². The van der Waals surface area contributed by atoms with Crippen LogP contribution in [0, 0.1) is 16.6 Å². The van der Waals surface area contributed by atoms with Crippen LogP contribution in [0.1, 0.15) is 45.4 Å². The number of anilines is 1. The van der Waals surface area contributed by atoms with Gasteiger partial charge < -0.3 is 15.2 Å². The maximum absolute atomic E-state index is 12.2. The zero-order valence-electron chi connectivity index (χ0n) is 17.6. The van der Waals surface area contributed by atoms with E-state index in [0.717, 1.165) is 9.13 Å². The summed E-state index contributed by atoms with van der Waals surface area (Å²) in [6.07, 6.45) is -2.82. The van der Waals surface area contributed by atoms with E-state index >= 15 is 0 Å². The van der Waals surface area contributed by atoms with E-state index in [1.54, 1.807) is 13.0 Å². The van der Waals surface area contributed by atoms with Crippen molar-refractivity contribution in [1.29, 1.82) is 0 Å². The first kappa shape index (κ1) is 16.5. The van der Waals surface area contributed by atoms with Crippen LogP contribution in [0.2, 0.25) is 0 Å². The molecule has 1 aromatic carbocycles. The summed E-state index contributed by atoms with van der Waals surface area (Å²) >= 11 is 6.12. The predicted molar refractivity (Wildman–Crippen MR) is 111 cm³/mol. The summed E-state index contributed by atoms with van der Waals surface area (Å²) < 4.78 is 39.0. The smallest absolute Gasteiger partial charge is 0.550 e. The summed E-state index contributed by atoms with van der Waals surface area (Å²) in [5.74, 6) is -2.56. The normalized spacial score (nSPS) is 15.9. The molecule has 0 fully saturated rings. The average Bonchev–Trinajstić information content (AvgIpc) is 2.49. The Labute approximate surface area is 207 Å². The van der Waals surface area contributed by atoms with Crippen LogP contribution >= 0.6 is 67.8 Å². The van der Waals surface area contributed by atoms with Gasteiger partial charge in [0.05, 0.1) is 5.69 Å². The molecule has 1 unspecified atom stereocenters. The molecule has 23 heavy (non-hydrogen) atoms. The Morgan fingerprint density at radius 2 is 2.04 bits per heavy atom. The molecule has 0 aliphatic heterocycles. The van der Waals surface area contributed by atoms with Gasteiger partial charge in [-0.3, -0.25) is 4.79 Å². The molecule has 1 atom stereocenters. The summed E-state index contributed by atoms with van der Waals surface area (Å²) in [6.45, 7) is -1.16. The Morgan fingerprint density at radius 3 is 2.57 bits per heavy atom. The minimum absolute atomic E-state index is 0. The van der Waals surface area contributed by atoms with Gasteiger partial charge in [-0.2, -0.15) is 0 Å². The number of rotatable bonds is 7. The number of halogens is 3. The number of nitrogens with one attached hydrogen (secondary N) is 1. The van der Waals surface area contributed by atoms with Crippen molar-refractivity contribution in [1.82, 2.24) is 0 Å². The molecular formula is C15H17I3NNaO3. The van der Waals surface area contributed by atoms with Crippen LogP contribution in [0.25, 0.3) is 0 Å². The molecule has 0 aliphatic rings. The monoisotopic (exact) mass is 668 g/mol. The van der Waals surface area contributed by atoms with E-state index in [1.165, 1.54) is 0 Å². The Balaban J connectivity index is 0.00000729. The molecule has 1 N–H and O–H groups in total. The summed E-state index contributed by atoms with van der Waals surface area (Å²) in [6, 6.07) is 1.79. The number of carbonyl (C=O) groups is 2. The molecule has 8 heteroatoms. The number of benzene rings is 1. The zero-order valence-corrected chi connectivity index (χ0v) is 21.1. The SMILES string of the molecule is [2H]C([2H])([2H])C([2H])([2H])CC(=O)Nc1c(I)cc(I)c(CC(CC)C(=O)[O-])c1I.[Na+]. The van der Waals surface area contributed by atoms with Crippen LogP contribution in [0.5, 0.6) is 0 Å². The van der Waals surface area contributed by atoms with Crippen LogP contribution < -0.4 is 40.0 Å². The molecule has 122 valence electrons. The van der Waals surface area contributed by atoms with Crippen LogP contribution in [0.3, 0.4) is 0 Å². The van der Waals surface area contributed by atoms with Crippen molar-refractivity contribution in [3.05, 3.63) is 22.3 Å². The first-order valence-electron chi connectivity index (χ1n) is 8.88. The molecule has 0 aliphatic carbocycles. The number of aliphatic carboxylic acids is 1. The second-order valence-electron chi connectivity index (χ2n) is 4.54. The third-order valence-electron chi connectivity index (χ3n) is 3.06. The molecule has 0 bridgehead atoms. The number of carboxylic acid groups (broad SMARTS) is 1. The Hall–Kier alpha value is 1.35. The molecule has 0 saturated heterocycles. The van der Waals surface area contributed by atoms with Gasteiger partial charge in [-0.15, -0.1) is 0 Å². The minimum Gasteiger partial charge on any atom is -0.550 e. The molecule has 1 rings (SSSR count). The summed E-state index contributed by atoms with van der Waals surface area (Å²) in [5, 5.41) is 13.8. The van der Waals surface area contributed by atoms with E-state index < -0.39 is 37.4 Å². The van der Waals surface area contributed by atoms with Crippen molar-refractivity contribution >= 4 is 85.3 Å². The zero-order chi connectivity index (χ0) is 21.2. The van der Waals surface area contributed by atoms with Crippen LogP contribution in [0.4, 0.5) is 5.69 Å². The molecule has 0 heterocycles. The average molecular weight is 668 g/mol. The molecule has 0 radical (unpaired) electrons. The van der Waals surface area contributed by atoms with E-state index in [9.17, 15) is 14.7 Å². The number of carbonyl (C=O) groups excluding carboxylic acids is 2. The summed E-state index contributed by atoms with van der Waals surface area (Å²) in [7, 11) is 0. The molecule has 4 nitrogen and oxygen atoms in total. The third kappa shape index (κ3) is 7.24. The predicted octanol–water partition coefficient (Wildman–Crippen LogP) is 0.562. The van der Waals surface area contributed by atoms with Crippen molar-refractivity contribution in [3.63, 3.8) is 0 Å². The van der Waals surface area contributed by atoms with Gasteiger partial charge in [0.15, 0.2) is 0 Å². The minimum atomic E-state index is -2.91. The third-order valence-corrected chi connectivity index (χ3v) is 6.06. The van der Waals surface area contributed by atoms with Gasteiger partial charge >= 0.3 is 29.6 Å². The van der Waals surface area contributed by atoms with Gasteiger partial charge in [-0.1, -0.05) is 13.8 Å². The van der Waals surface area contributed by atoms with Crippen LogP contribution in [-0.4, -0.2) is 11.9 Å². The standard InChI is InChI=1S/C15H18I3NO3.Na/c1-3-5-12(20)19-14-11(17)7-10(16)9(13(14)18)6-8(4-2)15(21)22;/h7-8H,3-6H2,1-2H3,(H,19,20)(H,21,22);/q;+1/p-1/i1D3,3D2;. The number of hydrogen-bond acceptors (Lipinski definition) is 3. The molecule has 1 aromatic rings. The van der Waals surface area contributed by atoms with E-state index in [0.29, 0.717) is 19.2 Å². The van der Waals surface area contributed by atoms with E-state index in [2.05, 4.69) is 27.9 Å². The molecule has 1 amide bonds. The van der Waals surface area contributed by atoms with E-state index in [4.69, 9.17) is 6.85 Å². The molecule has 0 aromatic heterocycles. The van der Waals surface area contributed by atoms with Crippen molar-refractivity contribution in [2.24, 2.45) is 5.92 Å². The van der Waals surface area contributed by atoms with Gasteiger partial charge in [0, 0.05) is 35.9 Å².